The van der Waals surface area contributed by atoms with Crippen molar-refractivity contribution in [1.82, 2.24) is 4.98 Å². The summed E-state index contributed by atoms with van der Waals surface area (Å²) in [6.45, 7) is 0.924. The Morgan fingerprint density at radius 1 is 1.64 bits per heavy atom. The highest BCUT2D eigenvalue weighted by molar-refractivity contribution is 6.32. The van der Waals surface area contributed by atoms with Crippen LogP contribution in [0.25, 0.3) is 0 Å². The highest BCUT2D eigenvalue weighted by Gasteiger charge is 2.24. The van der Waals surface area contributed by atoms with Crippen LogP contribution < -0.4 is 0 Å². The van der Waals surface area contributed by atoms with Crippen LogP contribution in [0.4, 0.5) is 0 Å². The monoisotopic (exact) mass is 213 g/mol. The summed E-state index contributed by atoms with van der Waals surface area (Å²) in [6, 6.07) is 3.22. The Balaban J connectivity index is 2.06. The molecule has 1 aliphatic heterocycles. The van der Waals surface area contributed by atoms with Gasteiger partial charge in [-0.25, -0.2) is 9.78 Å². The number of aromatic nitrogens is 1. The second kappa shape index (κ2) is 3.94. The molecule has 0 unspecified atom stereocenters. The number of pyridine rings is 1. The van der Waals surface area contributed by atoms with Crippen molar-refractivity contribution in [2.75, 3.05) is 13.2 Å². The van der Waals surface area contributed by atoms with Crippen LogP contribution in [0.5, 0.6) is 0 Å². The molecule has 0 amide bonds. The molecule has 1 aliphatic rings. The van der Waals surface area contributed by atoms with Gasteiger partial charge in [-0.3, -0.25) is 0 Å². The smallest absolute Gasteiger partial charge is 0.341 e. The van der Waals surface area contributed by atoms with Crippen molar-refractivity contribution in [2.24, 2.45) is 0 Å². The van der Waals surface area contributed by atoms with Gasteiger partial charge in [-0.1, -0.05) is 11.6 Å². The molecular formula is C9H8ClNO3. The zero-order valence-electron chi connectivity index (χ0n) is 7.27. The number of hydrogen-bond donors (Lipinski definition) is 0. The first-order valence-corrected chi connectivity index (χ1v) is 4.54. The van der Waals surface area contributed by atoms with Crippen LogP contribution in [0.1, 0.15) is 10.4 Å². The summed E-state index contributed by atoms with van der Waals surface area (Å²) in [5.74, 6) is -0.448. The Bertz CT molecular complexity index is 352. The summed E-state index contributed by atoms with van der Waals surface area (Å²) in [4.78, 5) is 15.3. The normalized spacial score (nSPS) is 16.1. The van der Waals surface area contributed by atoms with Crippen molar-refractivity contribution >= 4 is 17.6 Å². The van der Waals surface area contributed by atoms with Crippen LogP contribution in [0.15, 0.2) is 18.3 Å². The molecule has 0 aromatic carbocycles. The molecule has 0 spiro atoms. The first-order chi connectivity index (χ1) is 6.77. The van der Waals surface area contributed by atoms with Crippen LogP contribution in [0.3, 0.4) is 0 Å². The molecule has 2 rings (SSSR count). The van der Waals surface area contributed by atoms with E-state index in [1.54, 1.807) is 12.1 Å². The molecule has 2 heterocycles. The number of esters is 1. The number of ether oxygens (including phenoxy) is 2. The highest BCUT2D eigenvalue weighted by atomic mass is 35.5. The standard InChI is InChI=1S/C9H8ClNO3/c10-8-7(2-1-3-11-8)9(12)14-6-4-13-5-6/h1-3,6H,4-5H2. The van der Waals surface area contributed by atoms with E-state index in [2.05, 4.69) is 4.98 Å². The van der Waals surface area contributed by atoms with E-state index in [-0.39, 0.29) is 11.3 Å². The van der Waals surface area contributed by atoms with E-state index in [4.69, 9.17) is 21.1 Å². The highest BCUT2D eigenvalue weighted by Crippen LogP contribution is 2.15. The molecule has 0 bridgehead atoms. The van der Waals surface area contributed by atoms with Crippen molar-refractivity contribution in [2.45, 2.75) is 6.10 Å². The van der Waals surface area contributed by atoms with Gasteiger partial charge >= 0.3 is 5.97 Å². The zero-order chi connectivity index (χ0) is 9.97. The number of carbonyl (C=O) groups excluding carboxylic acids is 1. The third-order valence-electron chi connectivity index (χ3n) is 1.86. The first-order valence-electron chi connectivity index (χ1n) is 4.16. The fourth-order valence-corrected chi connectivity index (χ4v) is 1.23. The first kappa shape index (κ1) is 9.43. The van der Waals surface area contributed by atoms with Crippen molar-refractivity contribution in [3.8, 4) is 0 Å². The molecule has 0 saturated carbocycles. The molecular weight excluding hydrogens is 206 g/mol. The second-order valence-electron chi connectivity index (χ2n) is 2.91. The zero-order valence-corrected chi connectivity index (χ0v) is 8.03. The predicted octanol–water partition coefficient (Wildman–Crippen LogP) is 1.29. The fourth-order valence-electron chi connectivity index (χ4n) is 1.04. The van der Waals surface area contributed by atoms with Gasteiger partial charge in [-0.2, -0.15) is 0 Å². The molecule has 74 valence electrons. The fraction of sp³-hybridized carbons (Fsp3) is 0.333. The molecule has 4 nitrogen and oxygen atoms in total. The maximum absolute atomic E-state index is 11.5. The number of nitrogens with zero attached hydrogens (tertiary/aromatic N) is 1. The molecule has 0 N–H and O–H groups in total. The van der Waals surface area contributed by atoms with Gasteiger partial charge < -0.3 is 9.47 Å². The van der Waals surface area contributed by atoms with Gasteiger partial charge in [0.15, 0.2) is 0 Å². The third-order valence-corrected chi connectivity index (χ3v) is 2.16. The average molecular weight is 214 g/mol. The number of halogens is 1. The average Bonchev–Trinajstić information content (AvgIpc) is 2.12. The van der Waals surface area contributed by atoms with Crippen LogP contribution >= 0.6 is 11.6 Å². The van der Waals surface area contributed by atoms with Crippen LogP contribution in [-0.2, 0) is 9.47 Å². The lowest BCUT2D eigenvalue weighted by Crippen LogP contribution is -2.37. The summed E-state index contributed by atoms with van der Waals surface area (Å²) in [6.07, 6.45) is 1.38. The van der Waals surface area contributed by atoms with Gasteiger partial charge in [0.2, 0.25) is 0 Å². The third kappa shape index (κ3) is 1.86. The van der Waals surface area contributed by atoms with Crippen LogP contribution in [-0.4, -0.2) is 30.3 Å². The largest absolute Gasteiger partial charge is 0.454 e. The maximum atomic E-state index is 11.5. The van der Waals surface area contributed by atoms with E-state index in [0.29, 0.717) is 18.8 Å². The summed E-state index contributed by atoms with van der Waals surface area (Å²) < 4.78 is 9.94. The Kier molecular flexibility index (Phi) is 2.65. The van der Waals surface area contributed by atoms with Crippen LogP contribution in [0, 0.1) is 0 Å². The molecule has 1 fully saturated rings. The lowest BCUT2D eigenvalue weighted by Gasteiger charge is -2.25. The number of hydrogen-bond acceptors (Lipinski definition) is 4. The lowest BCUT2D eigenvalue weighted by atomic mass is 10.3. The summed E-state index contributed by atoms with van der Waals surface area (Å²) in [5, 5.41) is 0.165. The Morgan fingerprint density at radius 3 is 3.00 bits per heavy atom. The summed E-state index contributed by atoms with van der Waals surface area (Å²) in [5.41, 5.74) is 0.293. The maximum Gasteiger partial charge on any atom is 0.341 e. The Morgan fingerprint density at radius 2 is 2.43 bits per heavy atom. The minimum atomic E-state index is -0.448. The minimum Gasteiger partial charge on any atom is -0.454 e. The van der Waals surface area contributed by atoms with Gasteiger partial charge in [0.05, 0.1) is 18.8 Å². The van der Waals surface area contributed by atoms with E-state index < -0.39 is 5.97 Å². The van der Waals surface area contributed by atoms with Gasteiger partial charge in [0.1, 0.15) is 11.3 Å². The molecule has 1 saturated heterocycles. The van der Waals surface area contributed by atoms with Gasteiger partial charge in [0.25, 0.3) is 0 Å². The van der Waals surface area contributed by atoms with E-state index in [1.165, 1.54) is 6.20 Å². The molecule has 0 atom stereocenters. The van der Waals surface area contributed by atoms with Crippen molar-refractivity contribution in [1.29, 1.82) is 0 Å². The Labute approximate surface area is 85.8 Å². The van der Waals surface area contributed by atoms with Crippen LogP contribution in [0.2, 0.25) is 5.15 Å². The molecule has 14 heavy (non-hydrogen) atoms. The van der Waals surface area contributed by atoms with Crippen molar-refractivity contribution < 1.29 is 14.3 Å². The summed E-state index contributed by atoms with van der Waals surface area (Å²) in [7, 11) is 0. The SMILES string of the molecule is O=C(OC1COC1)c1cccnc1Cl. The van der Waals surface area contributed by atoms with Gasteiger partial charge in [0, 0.05) is 6.20 Å². The quantitative estimate of drug-likeness (QED) is 0.549. The lowest BCUT2D eigenvalue weighted by molar-refractivity contribution is -0.103. The Hall–Kier alpha value is -1.13. The topological polar surface area (TPSA) is 48.4 Å². The van der Waals surface area contributed by atoms with Crippen molar-refractivity contribution in [3.05, 3.63) is 29.0 Å². The number of rotatable bonds is 2. The van der Waals surface area contributed by atoms with E-state index in [0.717, 1.165) is 0 Å². The molecule has 1 aromatic rings. The molecule has 0 radical (unpaired) electrons. The summed E-state index contributed by atoms with van der Waals surface area (Å²) >= 11 is 5.72. The minimum absolute atomic E-state index is 0.140. The predicted molar refractivity (Wildman–Crippen MR) is 49.3 cm³/mol. The molecule has 5 heteroatoms. The molecule has 0 aliphatic carbocycles. The van der Waals surface area contributed by atoms with Gasteiger partial charge in [-0.05, 0) is 12.1 Å². The molecule has 1 aromatic heterocycles. The second-order valence-corrected chi connectivity index (χ2v) is 3.26. The van der Waals surface area contributed by atoms with Gasteiger partial charge in [-0.15, -0.1) is 0 Å². The van der Waals surface area contributed by atoms with E-state index in [1.807, 2.05) is 0 Å². The van der Waals surface area contributed by atoms with Crippen molar-refractivity contribution in [3.63, 3.8) is 0 Å². The van der Waals surface area contributed by atoms with E-state index >= 15 is 0 Å². The van der Waals surface area contributed by atoms with E-state index in [9.17, 15) is 4.79 Å². The number of carbonyl (C=O) groups is 1.